The molecule has 0 bridgehead atoms. The zero-order valence-corrected chi connectivity index (χ0v) is 23.2. The third kappa shape index (κ3) is 13.0. The van der Waals surface area contributed by atoms with E-state index in [0.29, 0.717) is 18.1 Å². The average molecular weight is 537 g/mol. The lowest BCUT2D eigenvalue weighted by Gasteiger charge is -2.25. The van der Waals surface area contributed by atoms with Crippen molar-refractivity contribution in [1.82, 2.24) is 9.97 Å². The van der Waals surface area contributed by atoms with E-state index in [0.717, 1.165) is 19.3 Å². The molecule has 0 aromatic carbocycles. The Kier molecular flexibility index (Phi) is 15.9. The van der Waals surface area contributed by atoms with Crippen molar-refractivity contribution in [3.05, 3.63) is 36.2 Å². The number of carbonyl (C=O) groups is 1. The number of rotatable bonds is 22. The number of hydrogen-bond acceptors (Lipinski definition) is 9. The van der Waals surface area contributed by atoms with Gasteiger partial charge in [-0.05, 0) is 13.3 Å². The maximum absolute atomic E-state index is 12.2. The van der Waals surface area contributed by atoms with Gasteiger partial charge in [-0.15, -0.1) is 0 Å². The van der Waals surface area contributed by atoms with Gasteiger partial charge in [0.2, 0.25) is 5.89 Å². The van der Waals surface area contributed by atoms with Crippen LogP contribution in [0.3, 0.4) is 0 Å². The Balaban J connectivity index is 1.53. The van der Waals surface area contributed by atoms with Gasteiger partial charge in [0.1, 0.15) is 36.0 Å². The van der Waals surface area contributed by atoms with E-state index in [1.54, 1.807) is 6.20 Å². The van der Waals surface area contributed by atoms with Gasteiger partial charge in [0.15, 0.2) is 6.39 Å². The molecule has 216 valence electrons. The van der Waals surface area contributed by atoms with Crippen LogP contribution >= 0.6 is 0 Å². The quantitative estimate of drug-likeness (QED) is 0.126. The smallest absolute Gasteiger partial charge is 0.306 e. The third-order valence-electron chi connectivity index (χ3n) is 6.86. The number of ether oxygens (including phenoxy) is 1. The number of unbranched alkanes of at least 4 members (excludes halogenated alkanes) is 12. The van der Waals surface area contributed by atoms with Crippen LogP contribution in [0.1, 0.15) is 134 Å². The van der Waals surface area contributed by atoms with Crippen LogP contribution in [0.15, 0.2) is 27.7 Å². The van der Waals surface area contributed by atoms with E-state index in [1.165, 1.54) is 83.8 Å². The maximum atomic E-state index is 12.2. The minimum atomic E-state index is -1.33. The summed E-state index contributed by atoms with van der Waals surface area (Å²) in [6.07, 6.45) is 15.9. The zero-order chi connectivity index (χ0) is 27.6. The normalized spacial score (nSPS) is 14.8. The molecule has 4 atom stereocenters. The van der Waals surface area contributed by atoms with Gasteiger partial charge < -0.3 is 28.9 Å². The molecule has 4 unspecified atom stereocenters. The fourth-order valence-electron chi connectivity index (χ4n) is 4.46. The highest BCUT2D eigenvalue weighted by atomic mass is 16.6. The molecule has 0 radical (unpaired) electrons. The summed E-state index contributed by atoms with van der Waals surface area (Å²) in [6.45, 7) is 3.78. The Hall–Kier alpha value is -2.23. The Morgan fingerprint density at radius 1 is 0.921 bits per heavy atom. The highest BCUT2D eigenvalue weighted by Crippen LogP contribution is 2.22. The minimum Gasteiger partial charge on any atom is -0.460 e. The van der Waals surface area contributed by atoms with Gasteiger partial charge >= 0.3 is 5.97 Å². The van der Waals surface area contributed by atoms with Crippen molar-refractivity contribution in [3.8, 4) is 0 Å². The number of carbonyl (C=O) groups excluding carboxylic acids is 1. The lowest BCUT2D eigenvalue weighted by molar-refractivity contribution is -0.159. The molecule has 9 heteroatoms. The first-order valence-corrected chi connectivity index (χ1v) is 14.5. The summed E-state index contributed by atoms with van der Waals surface area (Å²) >= 11 is 0. The largest absolute Gasteiger partial charge is 0.460 e. The summed E-state index contributed by atoms with van der Waals surface area (Å²) in [4.78, 5) is 20.2. The second-order valence-electron chi connectivity index (χ2n) is 10.3. The SMILES string of the molecule is CCCCCCCCCCCCCCCC(=O)OC(C)C(O)C(O)CC(O)c1coc(Cc2cnco2)n1. The number of aliphatic hydroxyl groups excluding tert-OH is 3. The van der Waals surface area contributed by atoms with Crippen molar-refractivity contribution >= 4 is 5.97 Å². The van der Waals surface area contributed by atoms with E-state index in [4.69, 9.17) is 13.6 Å². The van der Waals surface area contributed by atoms with E-state index >= 15 is 0 Å². The zero-order valence-electron chi connectivity index (χ0n) is 23.2. The molecule has 38 heavy (non-hydrogen) atoms. The molecule has 0 amide bonds. The summed E-state index contributed by atoms with van der Waals surface area (Å²) in [5, 5.41) is 31.1. The lowest BCUT2D eigenvalue weighted by Crippen LogP contribution is -2.39. The molecule has 0 fully saturated rings. The summed E-state index contributed by atoms with van der Waals surface area (Å²) in [6, 6.07) is 0. The van der Waals surface area contributed by atoms with Crippen LogP contribution in [0.4, 0.5) is 0 Å². The Morgan fingerprint density at radius 2 is 1.53 bits per heavy atom. The first-order chi connectivity index (χ1) is 18.4. The van der Waals surface area contributed by atoms with Crippen molar-refractivity contribution in [1.29, 1.82) is 0 Å². The topological polar surface area (TPSA) is 139 Å². The van der Waals surface area contributed by atoms with Crippen LogP contribution in [0.25, 0.3) is 0 Å². The molecule has 0 aliphatic carbocycles. The van der Waals surface area contributed by atoms with Crippen LogP contribution in [-0.2, 0) is 16.0 Å². The van der Waals surface area contributed by atoms with Gasteiger partial charge in [0.25, 0.3) is 0 Å². The van der Waals surface area contributed by atoms with Crippen molar-refractivity contribution < 1.29 is 33.7 Å². The van der Waals surface area contributed by atoms with Gasteiger partial charge in [-0.3, -0.25) is 4.79 Å². The van der Waals surface area contributed by atoms with Crippen LogP contribution in [0.5, 0.6) is 0 Å². The van der Waals surface area contributed by atoms with E-state index in [9.17, 15) is 20.1 Å². The molecule has 2 aromatic rings. The van der Waals surface area contributed by atoms with E-state index in [2.05, 4.69) is 16.9 Å². The molecule has 3 N–H and O–H groups in total. The molecule has 0 aliphatic rings. The van der Waals surface area contributed by atoms with Gasteiger partial charge in [0, 0.05) is 12.8 Å². The molecule has 0 saturated carbocycles. The van der Waals surface area contributed by atoms with Gasteiger partial charge in [-0.25, -0.2) is 9.97 Å². The Labute approximate surface area is 227 Å². The van der Waals surface area contributed by atoms with Crippen LogP contribution < -0.4 is 0 Å². The third-order valence-corrected chi connectivity index (χ3v) is 6.86. The highest BCUT2D eigenvalue weighted by molar-refractivity contribution is 5.69. The van der Waals surface area contributed by atoms with Crippen molar-refractivity contribution in [2.75, 3.05) is 0 Å². The number of hydrogen-bond donors (Lipinski definition) is 3. The summed E-state index contributed by atoms with van der Waals surface area (Å²) < 4.78 is 15.8. The van der Waals surface area contributed by atoms with Crippen LogP contribution in [0, 0.1) is 0 Å². The lowest BCUT2D eigenvalue weighted by atomic mass is 10.0. The monoisotopic (exact) mass is 536 g/mol. The second-order valence-corrected chi connectivity index (χ2v) is 10.3. The first kappa shape index (κ1) is 32.0. The predicted molar refractivity (Wildman–Crippen MR) is 143 cm³/mol. The molecule has 2 aromatic heterocycles. The first-order valence-electron chi connectivity index (χ1n) is 14.5. The number of esters is 1. The number of aromatic nitrogens is 2. The standard InChI is InChI=1S/C29H48N2O7/c1-3-4-5-6-7-8-9-10-11-12-13-14-15-16-28(34)38-22(2)29(35)26(33)18-25(32)24-20-36-27(31-24)17-23-19-30-21-37-23/h19-22,25-26,29,32-33,35H,3-18H2,1-2H3. The van der Waals surface area contributed by atoms with Crippen molar-refractivity contribution in [3.63, 3.8) is 0 Å². The molecule has 2 heterocycles. The summed E-state index contributed by atoms with van der Waals surface area (Å²) in [5.74, 6) is 0.514. The van der Waals surface area contributed by atoms with Gasteiger partial charge in [-0.1, -0.05) is 84.0 Å². The molecule has 9 nitrogen and oxygen atoms in total. The Bertz CT molecular complexity index is 855. The fourth-order valence-corrected chi connectivity index (χ4v) is 4.46. The van der Waals surface area contributed by atoms with Crippen LogP contribution in [-0.4, -0.2) is 49.6 Å². The molecule has 0 aliphatic heterocycles. The second kappa shape index (κ2) is 18.9. The highest BCUT2D eigenvalue weighted by Gasteiger charge is 2.29. The molecular weight excluding hydrogens is 488 g/mol. The van der Waals surface area contributed by atoms with E-state index in [1.807, 2.05) is 0 Å². The number of oxazole rings is 2. The fraction of sp³-hybridized carbons (Fsp3) is 0.759. The van der Waals surface area contributed by atoms with Crippen molar-refractivity contribution in [2.45, 2.75) is 141 Å². The van der Waals surface area contributed by atoms with E-state index < -0.39 is 24.4 Å². The van der Waals surface area contributed by atoms with E-state index in [-0.39, 0.29) is 24.5 Å². The number of nitrogens with zero attached hydrogens (tertiary/aromatic N) is 2. The summed E-state index contributed by atoms with van der Waals surface area (Å²) in [5.41, 5.74) is 0.234. The average Bonchev–Trinajstić information content (AvgIpc) is 3.59. The van der Waals surface area contributed by atoms with Gasteiger partial charge in [0.05, 0.1) is 18.7 Å². The van der Waals surface area contributed by atoms with Crippen molar-refractivity contribution in [2.24, 2.45) is 0 Å². The van der Waals surface area contributed by atoms with Gasteiger partial charge in [-0.2, -0.15) is 0 Å². The van der Waals surface area contributed by atoms with Crippen LogP contribution in [0.2, 0.25) is 0 Å². The number of aliphatic hydroxyl groups is 3. The predicted octanol–water partition coefficient (Wildman–Crippen LogP) is 5.81. The summed E-state index contributed by atoms with van der Waals surface area (Å²) in [7, 11) is 0. The molecular formula is C29H48N2O7. The molecule has 0 spiro atoms. The minimum absolute atomic E-state index is 0.184. The Morgan fingerprint density at radius 3 is 2.11 bits per heavy atom. The maximum Gasteiger partial charge on any atom is 0.306 e. The molecule has 2 rings (SSSR count). The molecule has 0 saturated heterocycles.